The second kappa shape index (κ2) is 3.46. The van der Waals surface area contributed by atoms with Crippen LogP contribution in [0.25, 0.3) is 0 Å². The molecule has 0 unspecified atom stereocenters. The van der Waals surface area contributed by atoms with Crippen molar-refractivity contribution in [1.29, 1.82) is 0 Å². The van der Waals surface area contributed by atoms with Gasteiger partial charge in [-0.15, -0.1) is 0 Å². The summed E-state index contributed by atoms with van der Waals surface area (Å²) in [6.07, 6.45) is 6.70. The van der Waals surface area contributed by atoms with E-state index < -0.39 is 5.97 Å². The van der Waals surface area contributed by atoms with Gasteiger partial charge in [-0.2, -0.15) is 0 Å². The molecule has 0 saturated heterocycles. The van der Waals surface area contributed by atoms with Crippen LogP contribution in [0.1, 0.15) is 38.5 Å². The number of hydrogen-bond acceptors (Lipinski definition) is 2. The lowest BCUT2D eigenvalue weighted by Crippen LogP contribution is -2.56. The third kappa shape index (κ3) is 1.33. The highest BCUT2D eigenvalue weighted by atomic mass is 16.4. The van der Waals surface area contributed by atoms with Gasteiger partial charge < -0.3 is 10.8 Å². The minimum Gasteiger partial charge on any atom is -0.481 e. The molecular weight excluding hydrogens is 202 g/mol. The van der Waals surface area contributed by atoms with Crippen LogP contribution < -0.4 is 5.73 Å². The van der Waals surface area contributed by atoms with Gasteiger partial charge in [0.05, 0.1) is 6.42 Å². The number of carboxylic acid groups (broad SMARTS) is 1. The number of rotatable bonds is 3. The fourth-order valence-corrected chi connectivity index (χ4v) is 5.10. The normalized spacial score (nSPS) is 49.6. The standard InChI is InChI=1S/C13H21NO2/c14-7-13(6-12(15)16)10-2-8-1-9(4-10)5-11(13)3-8/h8-11H,1-7,14H2,(H,15,16). The van der Waals surface area contributed by atoms with E-state index >= 15 is 0 Å². The summed E-state index contributed by atoms with van der Waals surface area (Å²) in [6, 6.07) is 0. The quantitative estimate of drug-likeness (QED) is 0.767. The molecule has 0 heterocycles. The van der Waals surface area contributed by atoms with Gasteiger partial charge in [-0.1, -0.05) is 0 Å². The molecule has 0 atom stereocenters. The van der Waals surface area contributed by atoms with Gasteiger partial charge in [-0.25, -0.2) is 0 Å². The van der Waals surface area contributed by atoms with Crippen molar-refractivity contribution in [2.75, 3.05) is 6.54 Å². The van der Waals surface area contributed by atoms with Crippen molar-refractivity contribution in [2.45, 2.75) is 38.5 Å². The minimum absolute atomic E-state index is 0.0563. The maximum absolute atomic E-state index is 11.1. The second-order valence-electron chi connectivity index (χ2n) is 6.31. The van der Waals surface area contributed by atoms with Gasteiger partial charge in [-0.05, 0) is 67.7 Å². The smallest absolute Gasteiger partial charge is 0.303 e. The average Bonchev–Trinajstić information content (AvgIpc) is 2.22. The first-order valence-electron chi connectivity index (χ1n) is 6.56. The summed E-state index contributed by atoms with van der Waals surface area (Å²) >= 11 is 0. The summed E-state index contributed by atoms with van der Waals surface area (Å²) in [4.78, 5) is 11.1. The average molecular weight is 223 g/mol. The van der Waals surface area contributed by atoms with Gasteiger partial charge in [0, 0.05) is 0 Å². The summed E-state index contributed by atoms with van der Waals surface area (Å²) in [5.41, 5.74) is 5.92. The predicted octanol–water partition coefficient (Wildman–Crippen LogP) is 1.86. The first-order chi connectivity index (χ1) is 7.64. The Balaban J connectivity index is 1.90. The Hall–Kier alpha value is -0.570. The Kier molecular flexibility index (Phi) is 2.29. The summed E-state index contributed by atoms with van der Waals surface area (Å²) in [6.45, 7) is 0.577. The molecule has 4 fully saturated rings. The van der Waals surface area contributed by atoms with Crippen LogP contribution in [0.4, 0.5) is 0 Å². The van der Waals surface area contributed by atoms with Crippen LogP contribution in [-0.4, -0.2) is 17.6 Å². The predicted molar refractivity (Wildman–Crippen MR) is 60.8 cm³/mol. The molecule has 4 aliphatic rings. The molecule has 3 nitrogen and oxygen atoms in total. The summed E-state index contributed by atoms with van der Waals surface area (Å²) in [7, 11) is 0. The molecule has 0 aromatic carbocycles. The van der Waals surface area contributed by atoms with Crippen LogP contribution in [0.15, 0.2) is 0 Å². The number of carboxylic acids is 1. The molecule has 90 valence electrons. The maximum atomic E-state index is 11.1. The van der Waals surface area contributed by atoms with Crippen molar-refractivity contribution in [3.8, 4) is 0 Å². The van der Waals surface area contributed by atoms with E-state index in [-0.39, 0.29) is 5.41 Å². The van der Waals surface area contributed by atoms with Crippen molar-refractivity contribution in [1.82, 2.24) is 0 Å². The van der Waals surface area contributed by atoms with Crippen LogP contribution in [0.5, 0.6) is 0 Å². The molecule has 4 saturated carbocycles. The molecule has 4 bridgehead atoms. The first-order valence-corrected chi connectivity index (χ1v) is 6.56. The largest absolute Gasteiger partial charge is 0.481 e. The summed E-state index contributed by atoms with van der Waals surface area (Å²) in [5.74, 6) is 2.32. The molecule has 0 spiro atoms. The Morgan fingerprint density at radius 3 is 2.00 bits per heavy atom. The van der Waals surface area contributed by atoms with Crippen LogP contribution in [0.2, 0.25) is 0 Å². The lowest BCUT2D eigenvalue weighted by molar-refractivity contribution is -0.153. The zero-order chi connectivity index (χ0) is 11.3. The van der Waals surface area contributed by atoms with E-state index in [0.717, 1.165) is 11.8 Å². The lowest BCUT2D eigenvalue weighted by Gasteiger charge is -2.60. The molecule has 0 radical (unpaired) electrons. The maximum Gasteiger partial charge on any atom is 0.303 e. The summed E-state index contributed by atoms with van der Waals surface area (Å²) < 4.78 is 0. The topological polar surface area (TPSA) is 63.3 Å². The van der Waals surface area contributed by atoms with Crippen molar-refractivity contribution >= 4 is 5.97 Å². The molecule has 0 aromatic rings. The Labute approximate surface area is 96.4 Å². The number of carbonyl (C=O) groups is 1. The van der Waals surface area contributed by atoms with E-state index in [0.29, 0.717) is 24.8 Å². The third-order valence-corrected chi connectivity index (χ3v) is 5.62. The zero-order valence-corrected chi connectivity index (χ0v) is 9.69. The zero-order valence-electron chi connectivity index (χ0n) is 9.69. The van der Waals surface area contributed by atoms with Crippen LogP contribution in [0.3, 0.4) is 0 Å². The number of nitrogens with two attached hydrogens (primary N) is 1. The van der Waals surface area contributed by atoms with Crippen LogP contribution in [0, 0.1) is 29.1 Å². The Morgan fingerprint density at radius 2 is 1.62 bits per heavy atom. The SMILES string of the molecule is NCC1(CC(=O)O)C2CC3CC(C2)CC1C3. The van der Waals surface area contributed by atoms with E-state index in [1.807, 2.05) is 0 Å². The van der Waals surface area contributed by atoms with Gasteiger partial charge in [-0.3, -0.25) is 4.79 Å². The monoisotopic (exact) mass is 223 g/mol. The van der Waals surface area contributed by atoms with E-state index in [9.17, 15) is 4.79 Å². The van der Waals surface area contributed by atoms with Gasteiger partial charge in [0.25, 0.3) is 0 Å². The van der Waals surface area contributed by atoms with Gasteiger partial charge in [0.15, 0.2) is 0 Å². The molecule has 16 heavy (non-hydrogen) atoms. The van der Waals surface area contributed by atoms with Crippen LogP contribution >= 0.6 is 0 Å². The number of aliphatic carboxylic acids is 1. The van der Waals surface area contributed by atoms with E-state index in [2.05, 4.69) is 0 Å². The molecular formula is C13H21NO2. The molecule has 3 N–H and O–H groups in total. The molecule has 0 aliphatic heterocycles. The Morgan fingerprint density at radius 1 is 1.12 bits per heavy atom. The molecule has 4 rings (SSSR count). The van der Waals surface area contributed by atoms with E-state index in [1.54, 1.807) is 0 Å². The highest BCUT2D eigenvalue weighted by Gasteiger charge is 2.56. The van der Waals surface area contributed by atoms with Crippen molar-refractivity contribution < 1.29 is 9.90 Å². The van der Waals surface area contributed by atoms with Crippen LogP contribution in [-0.2, 0) is 4.79 Å². The second-order valence-corrected chi connectivity index (χ2v) is 6.31. The van der Waals surface area contributed by atoms with Crippen molar-refractivity contribution in [3.05, 3.63) is 0 Å². The van der Waals surface area contributed by atoms with Crippen molar-refractivity contribution in [3.63, 3.8) is 0 Å². The highest BCUT2D eigenvalue weighted by Crippen LogP contribution is 2.63. The lowest BCUT2D eigenvalue weighted by atomic mass is 9.44. The molecule has 3 heteroatoms. The van der Waals surface area contributed by atoms with Crippen molar-refractivity contribution in [2.24, 2.45) is 34.8 Å². The van der Waals surface area contributed by atoms with Gasteiger partial charge in [0.1, 0.15) is 0 Å². The minimum atomic E-state index is -0.655. The van der Waals surface area contributed by atoms with Gasteiger partial charge in [0.2, 0.25) is 0 Å². The third-order valence-electron chi connectivity index (χ3n) is 5.62. The van der Waals surface area contributed by atoms with E-state index in [4.69, 9.17) is 10.8 Å². The fraction of sp³-hybridized carbons (Fsp3) is 0.923. The molecule has 0 aromatic heterocycles. The fourth-order valence-electron chi connectivity index (χ4n) is 5.10. The molecule has 0 amide bonds. The first kappa shape index (κ1) is 10.6. The van der Waals surface area contributed by atoms with E-state index in [1.165, 1.54) is 32.1 Å². The number of hydrogen-bond donors (Lipinski definition) is 2. The summed E-state index contributed by atoms with van der Waals surface area (Å²) in [5, 5.41) is 9.14. The Bertz CT molecular complexity index is 285. The van der Waals surface area contributed by atoms with Gasteiger partial charge >= 0.3 is 5.97 Å². The molecule has 4 aliphatic carbocycles. The highest BCUT2D eigenvalue weighted by molar-refractivity contribution is 5.68.